The molecule has 0 heterocycles. The molecule has 0 aromatic rings. The molecule has 0 radical (unpaired) electrons. The smallest absolute Gasteiger partial charge is 0.0162 e. The Labute approximate surface area is 109 Å². The zero-order valence-electron chi connectivity index (χ0n) is 12.5. The predicted molar refractivity (Wildman–Crippen MR) is 77.1 cm³/mol. The van der Waals surface area contributed by atoms with E-state index in [2.05, 4.69) is 27.7 Å². The number of unbranched alkanes of at least 4 members (excludes halogenated alkanes) is 4. The molecule has 2 N–H and O–H groups in total. The van der Waals surface area contributed by atoms with Gasteiger partial charge >= 0.3 is 0 Å². The summed E-state index contributed by atoms with van der Waals surface area (Å²) in [4.78, 5) is 0. The molecule has 102 valence electrons. The monoisotopic (exact) mass is 239 g/mol. The summed E-state index contributed by atoms with van der Waals surface area (Å²) in [6.45, 7) is 9.43. The second-order valence-corrected chi connectivity index (χ2v) is 7.38. The second-order valence-electron chi connectivity index (χ2n) is 7.38. The second kappa shape index (κ2) is 6.22. The van der Waals surface area contributed by atoms with E-state index in [1.54, 1.807) is 0 Å². The molecular formula is C16H33N. The van der Waals surface area contributed by atoms with Crippen molar-refractivity contribution in [3.8, 4) is 0 Å². The summed E-state index contributed by atoms with van der Waals surface area (Å²) in [6.07, 6.45) is 11.9. The third-order valence-corrected chi connectivity index (χ3v) is 4.26. The summed E-state index contributed by atoms with van der Waals surface area (Å²) in [5, 5.41) is 0. The van der Waals surface area contributed by atoms with Gasteiger partial charge in [-0.1, -0.05) is 59.8 Å². The minimum atomic E-state index is 0.132. The van der Waals surface area contributed by atoms with Crippen LogP contribution in [0, 0.1) is 11.3 Å². The van der Waals surface area contributed by atoms with Gasteiger partial charge in [0.05, 0.1) is 0 Å². The lowest BCUT2D eigenvalue weighted by Gasteiger charge is -2.46. The van der Waals surface area contributed by atoms with E-state index >= 15 is 0 Å². The minimum absolute atomic E-state index is 0.132. The SMILES string of the molecule is CCCCCCCC1(N)CC(C)CC(C)(C)C1. The van der Waals surface area contributed by atoms with Crippen molar-refractivity contribution >= 4 is 0 Å². The average Bonchev–Trinajstić information content (AvgIpc) is 2.13. The Kier molecular flexibility index (Phi) is 5.50. The van der Waals surface area contributed by atoms with Crippen LogP contribution in [0.2, 0.25) is 0 Å². The first-order valence-corrected chi connectivity index (χ1v) is 7.66. The van der Waals surface area contributed by atoms with E-state index < -0.39 is 0 Å². The molecule has 0 aromatic heterocycles. The third kappa shape index (κ3) is 5.42. The number of hydrogen-bond donors (Lipinski definition) is 1. The van der Waals surface area contributed by atoms with Crippen LogP contribution >= 0.6 is 0 Å². The van der Waals surface area contributed by atoms with Gasteiger partial charge in [0.2, 0.25) is 0 Å². The van der Waals surface area contributed by atoms with Crippen molar-refractivity contribution in [1.29, 1.82) is 0 Å². The minimum Gasteiger partial charge on any atom is -0.325 e. The summed E-state index contributed by atoms with van der Waals surface area (Å²) < 4.78 is 0. The van der Waals surface area contributed by atoms with Crippen molar-refractivity contribution < 1.29 is 0 Å². The molecule has 1 aliphatic rings. The molecule has 1 heteroatoms. The number of nitrogens with two attached hydrogens (primary N) is 1. The van der Waals surface area contributed by atoms with E-state index in [4.69, 9.17) is 5.73 Å². The molecule has 2 atom stereocenters. The zero-order valence-corrected chi connectivity index (χ0v) is 12.5. The normalized spacial score (nSPS) is 32.6. The Morgan fingerprint density at radius 2 is 1.71 bits per heavy atom. The van der Waals surface area contributed by atoms with Crippen LogP contribution < -0.4 is 5.73 Å². The third-order valence-electron chi connectivity index (χ3n) is 4.26. The van der Waals surface area contributed by atoms with E-state index in [0.717, 1.165) is 5.92 Å². The van der Waals surface area contributed by atoms with Crippen molar-refractivity contribution in [1.82, 2.24) is 0 Å². The quantitative estimate of drug-likeness (QED) is 0.656. The van der Waals surface area contributed by atoms with Crippen LogP contribution in [-0.4, -0.2) is 5.54 Å². The summed E-state index contributed by atoms with van der Waals surface area (Å²) in [6, 6.07) is 0. The molecule has 1 fully saturated rings. The Balaban J connectivity index is 2.34. The van der Waals surface area contributed by atoms with Crippen LogP contribution in [0.15, 0.2) is 0 Å². The van der Waals surface area contributed by atoms with E-state index in [9.17, 15) is 0 Å². The molecule has 0 saturated heterocycles. The van der Waals surface area contributed by atoms with Gasteiger partial charge in [-0.05, 0) is 37.0 Å². The van der Waals surface area contributed by atoms with Gasteiger partial charge in [-0.15, -0.1) is 0 Å². The maximum absolute atomic E-state index is 6.64. The van der Waals surface area contributed by atoms with Gasteiger partial charge in [0.15, 0.2) is 0 Å². The molecule has 0 amide bonds. The first-order valence-electron chi connectivity index (χ1n) is 7.66. The van der Waals surface area contributed by atoms with Gasteiger partial charge in [0.25, 0.3) is 0 Å². The highest BCUT2D eigenvalue weighted by Gasteiger charge is 2.39. The van der Waals surface area contributed by atoms with Crippen LogP contribution in [0.1, 0.15) is 85.5 Å². The Hall–Kier alpha value is -0.0400. The first kappa shape index (κ1) is 15.0. The molecule has 17 heavy (non-hydrogen) atoms. The van der Waals surface area contributed by atoms with Gasteiger partial charge in [-0.2, -0.15) is 0 Å². The Morgan fingerprint density at radius 3 is 2.29 bits per heavy atom. The van der Waals surface area contributed by atoms with E-state index in [0.29, 0.717) is 5.41 Å². The maximum Gasteiger partial charge on any atom is 0.0162 e. The van der Waals surface area contributed by atoms with Crippen molar-refractivity contribution in [2.75, 3.05) is 0 Å². The largest absolute Gasteiger partial charge is 0.325 e. The van der Waals surface area contributed by atoms with Crippen LogP contribution in [0.25, 0.3) is 0 Å². The highest BCUT2D eigenvalue weighted by molar-refractivity contribution is 4.96. The van der Waals surface area contributed by atoms with Gasteiger partial charge in [-0.25, -0.2) is 0 Å². The number of hydrogen-bond acceptors (Lipinski definition) is 1. The van der Waals surface area contributed by atoms with Crippen molar-refractivity contribution in [3.63, 3.8) is 0 Å². The van der Waals surface area contributed by atoms with Crippen molar-refractivity contribution in [2.24, 2.45) is 17.1 Å². The van der Waals surface area contributed by atoms with E-state index in [-0.39, 0.29) is 5.54 Å². The maximum atomic E-state index is 6.64. The fraction of sp³-hybridized carbons (Fsp3) is 1.00. The van der Waals surface area contributed by atoms with Crippen LogP contribution in [0.4, 0.5) is 0 Å². The lowest BCUT2D eigenvalue weighted by molar-refractivity contribution is 0.100. The van der Waals surface area contributed by atoms with Crippen LogP contribution in [0.5, 0.6) is 0 Å². The van der Waals surface area contributed by atoms with Gasteiger partial charge in [-0.3, -0.25) is 0 Å². The Bertz CT molecular complexity index is 222. The molecular weight excluding hydrogens is 206 g/mol. The number of rotatable bonds is 6. The molecule has 0 aliphatic heterocycles. The summed E-state index contributed by atoms with van der Waals surface area (Å²) in [7, 11) is 0. The molecule has 1 saturated carbocycles. The first-order chi connectivity index (χ1) is 7.87. The van der Waals surface area contributed by atoms with Gasteiger partial charge in [0.1, 0.15) is 0 Å². The Morgan fingerprint density at radius 1 is 1.06 bits per heavy atom. The predicted octanol–water partition coefficient (Wildman–Crippen LogP) is 4.89. The lowest BCUT2D eigenvalue weighted by atomic mass is 9.63. The van der Waals surface area contributed by atoms with E-state index in [1.165, 1.54) is 57.8 Å². The van der Waals surface area contributed by atoms with E-state index in [1.807, 2.05) is 0 Å². The molecule has 0 bridgehead atoms. The zero-order chi connectivity index (χ0) is 12.9. The van der Waals surface area contributed by atoms with Crippen LogP contribution in [0.3, 0.4) is 0 Å². The van der Waals surface area contributed by atoms with Gasteiger partial charge in [0, 0.05) is 5.54 Å². The molecule has 0 spiro atoms. The highest BCUT2D eigenvalue weighted by atomic mass is 14.8. The highest BCUT2D eigenvalue weighted by Crippen LogP contribution is 2.44. The fourth-order valence-electron chi connectivity index (χ4n) is 4.08. The topological polar surface area (TPSA) is 26.0 Å². The van der Waals surface area contributed by atoms with Crippen LogP contribution in [-0.2, 0) is 0 Å². The molecule has 2 unspecified atom stereocenters. The van der Waals surface area contributed by atoms with Gasteiger partial charge < -0.3 is 5.73 Å². The van der Waals surface area contributed by atoms with Crippen molar-refractivity contribution in [2.45, 2.75) is 91.0 Å². The summed E-state index contributed by atoms with van der Waals surface area (Å²) in [5.74, 6) is 0.805. The fourth-order valence-corrected chi connectivity index (χ4v) is 4.08. The molecule has 1 rings (SSSR count). The molecule has 0 aromatic carbocycles. The van der Waals surface area contributed by atoms with Crippen molar-refractivity contribution in [3.05, 3.63) is 0 Å². The summed E-state index contributed by atoms with van der Waals surface area (Å²) >= 11 is 0. The lowest BCUT2D eigenvalue weighted by Crippen LogP contribution is -2.49. The molecule has 1 aliphatic carbocycles. The molecule has 1 nitrogen and oxygen atoms in total. The standard InChI is InChI=1S/C16H33N/c1-5-6-7-8-9-10-16(17)12-14(2)11-15(3,4)13-16/h14H,5-13,17H2,1-4H3. The average molecular weight is 239 g/mol. The summed E-state index contributed by atoms with van der Waals surface area (Å²) in [5.41, 5.74) is 7.23.